The number of carbonyl (C=O) groups is 1. The van der Waals surface area contributed by atoms with Crippen LogP contribution < -0.4 is 4.90 Å². The number of carboxylic acids is 1. The molecular formula is C14H21N3O2. The van der Waals surface area contributed by atoms with Crippen LogP contribution in [0.15, 0.2) is 6.08 Å². The highest BCUT2D eigenvalue weighted by atomic mass is 16.4. The van der Waals surface area contributed by atoms with E-state index in [0.717, 1.165) is 23.6 Å². The molecule has 0 saturated carbocycles. The number of anilines is 1. The van der Waals surface area contributed by atoms with Gasteiger partial charge in [0.2, 0.25) is 0 Å². The van der Waals surface area contributed by atoms with Crippen LogP contribution in [0.3, 0.4) is 0 Å². The average Bonchev–Trinajstić information content (AvgIpc) is 2.62. The highest BCUT2D eigenvalue weighted by Crippen LogP contribution is 2.30. The number of aryl methyl sites for hydroxylation is 2. The summed E-state index contributed by atoms with van der Waals surface area (Å²) in [6, 6.07) is 0.473. The number of aliphatic carboxylic acids is 1. The van der Waals surface area contributed by atoms with Crippen molar-refractivity contribution in [3.63, 3.8) is 0 Å². The van der Waals surface area contributed by atoms with E-state index in [1.807, 2.05) is 18.7 Å². The van der Waals surface area contributed by atoms with E-state index in [-0.39, 0.29) is 0 Å². The predicted molar refractivity (Wildman–Crippen MR) is 75.3 cm³/mol. The van der Waals surface area contributed by atoms with Gasteiger partial charge in [-0.3, -0.25) is 4.68 Å². The lowest BCUT2D eigenvalue weighted by atomic mass is 10.0. The van der Waals surface area contributed by atoms with Gasteiger partial charge in [0.15, 0.2) is 0 Å². The van der Waals surface area contributed by atoms with Crippen molar-refractivity contribution < 1.29 is 9.90 Å². The van der Waals surface area contributed by atoms with Crippen molar-refractivity contribution in [2.75, 3.05) is 11.4 Å². The maximum Gasteiger partial charge on any atom is 0.328 e. The summed E-state index contributed by atoms with van der Waals surface area (Å²) >= 11 is 0. The van der Waals surface area contributed by atoms with Crippen LogP contribution in [-0.4, -0.2) is 33.4 Å². The summed E-state index contributed by atoms with van der Waals surface area (Å²) in [6.07, 6.45) is 6.45. The summed E-state index contributed by atoms with van der Waals surface area (Å²) in [5.74, 6) is 0.100. The topological polar surface area (TPSA) is 58.4 Å². The lowest BCUT2D eigenvalue weighted by Crippen LogP contribution is -2.39. The zero-order valence-electron chi connectivity index (χ0n) is 11.8. The van der Waals surface area contributed by atoms with Gasteiger partial charge in [-0.2, -0.15) is 5.10 Å². The van der Waals surface area contributed by atoms with Gasteiger partial charge in [-0.05, 0) is 39.2 Å². The van der Waals surface area contributed by atoms with Gasteiger partial charge in [0.1, 0.15) is 5.82 Å². The summed E-state index contributed by atoms with van der Waals surface area (Å²) in [4.78, 5) is 13.1. The fourth-order valence-electron chi connectivity index (χ4n) is 2.77. The van der Waals surface area contributed by atoms with Crippen LogP contribution in [0, 0.1) is 6.92 Å². The molecule has 2 rings (SSSR count). The van der Waals surface area contributed by atoms with Crippen molar-refractivity contribution in [3.8, 4) is 0 Å². The Hall–Kier alpha value is -1.78. The molecule has 0 spiro atoms. The van der Waals surface area contributed by atoms with Crippen LogP contribution in [0.2, 0.25) is 0 Å². The van der Waals surface area contributed by atoms with Gasteiger partial charge < -0.3 is 10.0 Å². The number of rotatable bonds is 3. The quantitative estimate of drug-likeness (QED) is 0.849. The molecule has 1 aliphatic heterocycles. The van der Waals surface area contributed by atoms with E-state index in [0.29, 0.717) is 6.04 Å². The summed E-state index contributed by atoms with van der Waals surface area (Å²) in [6.45, 7) is 5.14. The zero-order valence-corrected chi connectivity index (χ0v) is 11.8. The van der Waals surface area contributed by atoms with E-state index >= 15 is 0 Å². The van der Waals surface area contributed by atoms with Gasteiger partial charge in [-0.15, -0.1) is 0 Å². The molecule has 104 valence electrons. The molecule has 5 nitrogen and oxygen atoms in total. The second-order valence-corrected chi connectivity index (χ2v) is 5.16. The number of aromatic nitrogens is 2. The molecular weight excluding hydrogens is 242 g/mol. The number of hydrogen-bond acceptors (Lipinski definition) is 3. The van der Waals surface area contributed by atoms with E-state index in [4.69, 9.17) is 5.11 Å². The fourth-order valence-corrected chi connectivity index (χ4v) is 2.77. The van der Waals surface area contributed by atoms with E-state index in [9.17, 15) is 4.79 Å². The molecule has 0 aliphatic carbocycles. The molecule has 1 aliphatic rings. The Morgan fingerprint density at radius 2 is 2.21 bits per heavy atom. The molecule has 1 fully saturated rings. The summed E-state index contributed by atoms with van der Waals surface area (Å²) in [5, 5.41) is 13.2. The first-order valence-electron chi connectivity index (χ1n) is 6.72. The minimum atomic E-state index is -0.930. The smallest absolute Gasteiger partial charge is 0.328 e. The van der Waals surface area contributed by atoms with Gasteiger partial charge in [0, 0.05) is 31.3 Å². The van der Waals surface area contributed by atoms with Crippen molar-refractivity contribution in [1.82, 2.24) is 9.78 Å². The summed E-state index contributed by atoms with van der Waals surface area (Å²) in [7, 11) is 1.92. The average molecular weight is 263 g/mol. The normalized spacial score (nSPS) is 20.2. The van der Waals surface area contributed by atoms with Crippen molar-refractivity contribution in [1.29, 1.82) is 0 Å². The molecule has 0 radical (unpaired) electrons. The highest BCUT2D eigenvalue weighted by Gasteiger charge is 2.24. The summed E-state index contributed by atoms with van der Waals surface area (Å²) in [5.41, 5.74) is 1.78. The molecule has 0 bridgehead atoms. The SMILES string of the molecule is Cc1nn(C)c(N2CCCCC2C)c1/C=C/C(=O)O. The molecule has 1 saturated heterocycles. The van der Waals surface area contributed by atoms with Gasteiger partial charge >= 0.3 is 5.97 Å². The van der Waals surface area contributed by atoms with Crippen LogP contribution in [-0.2, 0) is 11.8 Å². The van der Waals surface area contributed by atoms with Crippen molar-refractivity contribution >= 4 is 17.9 Å². The molecule has 1 atom stereocenters. The van der Waals surface area contributed by atoms with Crippen LogP contribution >= 0.6 is 0 Å². The van der Waals surface area contributed by atoms with Crippen LogP contribution in [0.1, 0.15) is 37.4 Å². The molecule has 19 heavy (non-hydrogen) atoms. The van der Waals surface area contributed by atoms with Gasteiger partial charge in [0.05, 0.1) is 5.69 Å². The standard InChI is InChI=1S/C14H21N3O2/c1-10-6-4-5-9-17(10)14-12(7-8-13(18)19)11(2)15-16(14)3/h7-8,10H,4-6,9H2,1-3H3,(H,18,19)/b8-7+. The Morgan fingerprint density at radius 1 is 1.47 bits per heavy atom. The van der Waals surface area contributed by atoms with Gasteiger partial charge in [0.25, 0.3) is 0 Å². The number of piperidine rings is 1. The van der Waals surface area contributed by atoms with Crippen LogP contribution in [0.4, 0.5) is 5.82 Å². The minimum Gasteiger partial charge on any atom is -0.478 e. The lowest BCUT2D eigenvalue weighted by Gasteiger charge is -2.35. The van der Waals surface area contributed by atoms with Crippen molar-refractivity contribution in [3.05, 3.63) is 17.3 Å². The van der Waals surface area contributed by atoms with E-state index in [2.05, 4.69) is 16.9 Å². The predicted octanol–water partition coefficient (Wildman–Crippen LogP) is 2.21. The molecule has 0 amide bonds. The molecule has 1 unspecified atom stereocenters. The third-order valence-electron chi connectivity index (χ3n) is 3.70. The van der Waals surface area contributed by atoms with Crippen LogP contribution in [0.5, 0.6) is 0 Å². The lowest BCUT2D eigenvalue weighted by molar-refractivity contribution is -0.131. The maximum absolute atomic E-state index is 10.7. The third kappa shape index (κ3) is 2.80. The van der Waals surface area contributed by atoms with E-state index < -0.39 is 5.97 Å². The van der Waals surface area contributed by atoms with Crippen LogP contribution in [0.25, 0.3) is 6.08 Å². The first kappa shape index (κ1) is 13.6. The van der Waals surface area contributed by atoms with Gasteiger partial charge in [-0.25, -0.2) is 4.79 Å². The molecule has 1 N–H and O–H groups in total. The number of carboxylic acid groups (broad SMARTS) is 1. The molecule has 1 aromatic rings. The summed E-state index contributed by atoms with van der Waals surface area (Å²) < 4.78 is 1.86. The monoisotopic (exact) mass is 263 g/mol. The van der Waals surface area contributed by atoms with Crippen molar-refractivity contribution in [2.24, 2.45) is 7.05 Å². The Labute approximate surface area is 113 Å². The second kappa shape index (κ2) is 5.47. The molecule has 0 aromatic carbocycles. The zero-order chi connectivity index (χ0) is 14.0. The van der Waals surface area contributed by atoms with E-state index in [1.165, 1.54) is 25.3 Å². The van der Waals surface area contributed by atoms with Gasteiger partial charge in [-0.1, -0.05) is 0 Å². The Balaban J connectivity index is 2.40. The Morgan fingerprint density at radius 3 is 2.84 bits per heavy atom. The first-order valence-corrected chi connectivity index (χ1v) is 6.72. The first-order chi connectivity index (χ1) is 9.00. The molecule has 2 heterocycles. The maximum atomic E-state index is 10.7. The highest BCUT2D eigenvalue weighted by molar-refractivity contribution is 5.87. The Kier molecular flexibility index (Phi) is 3.93. The fraction of sp³-hybridized carbons (Fsp3) is 0.571. The second-order valence-electron chi connectivity index (χ2n) is 5.16. The molecule has 5 heteroatoms. The molecule has 1 aromatic heterocycles. The van der Waals surface area contributed by atoms with Crippen molar-refractivity contribution in [2.45, 2.75) is 39.2 Å². The number of nitrogens with zero attached hydrogens (tertiary/aromatic N) is 3. The third-order valence-corrected chi connectivity index (χ3v) is 3.70. The Bertz CT molecular complexity index is 505. The van der Waals surface area contributed by atoms with E-state index in [1.54, 1.807) is 6.08 Å². The number of hydrogen-bond donors (Lipinski definition) is 1. The minimum absolute atomic E-state index is 0.473. The largest absolute Gasteiger partial charge is 0.478 e.